The number of likely N-dealkylation sites (tertiary alicyclic amines) is 1. The summed E-state index contributed by atoms with van der Waals surface area (Å²) in [4.78, 5) is 118. The lowest BCUT2D eigenvalue weighted by Crippen LogP contribution is -2.59. The Morgan fingerprint density at radius 1 is 0.807 bits per heavy atom. The molecule has 24 nitrogen and oxygen atoms in total. The Kier molecular flexibility index (Phi) is 19.1. The Morgan fingerprint density at radius 3 is 2.04 bits per heavy atom. The van der Waals surface area contributed by atoms with Crippen LogP contribution >= 0.6 is 0 Å². The third-order valence-electron chi connectivity index (χ3n) is 8.32. The molecule has 0 spiro atoms. The van der Waals surface area contributed by atoms with Crippen molar-refractivity contribution in [2.45, 2.75) is 68.7 Å². The normalized spacial score (nSPS) is 15.4. The lowest BCUT2D eigenvalue weighted by Gasteiger charge is -2.30. The van der Waals surface area contributed by atoms with Crippen molar-refractivity contribution in [1.82, 2.24) is 36.8 Å². The van der Waals surface area contributed by atoms with Crippen molar-refractivity contribution in [1.29, 1.82) is 0 Å². The van der Waals surface area contributed by atoms with Crippen molar-refractivity contribution in [3.63, 3.8) is 0 Å². The second kappa shape index (κ2) is 23.4. The van der Waals surface area contributed by atoms with Crippen LogP contribution in [0.5, 0.6) is 5.75 Å². The summed E-state index contributed by atoms with van der Waals surface area (Å²) in [6.07, 6.45) is -0.139. The van der Waals surface area contributed by atoms with Crippen LogP contribution in [-0.2, 0) is 49.6 Å². The van der Waals surface area contributed by atoms with Crippen LogP contribution in [0.4, 0.5) is 0 Å². The molecule has 0 aliphatic carbocycles. The molecule has 314 valence electrons. The van der Waals surface area contributed by atoms with Gasteiger partial charge in [0.2, 0.25) is 47.3 Å². The topological polar surface area (TPSA) is 406 Å². The van der Waals surface area contributed by atoms with Crippen LogP contribution in [0.1, 0.15) is 37.7 Å². The average Bonchev–Trinajstić information content (AvgIpc) is 3.66. The number of nitrogens with two attached hydrogens (primary N) is 4. The number of aliphatic hydroxyl groups is 1. The van der Waals surface area contributed by atoms with E-state index in [1.54, 1.807) is 0 Å². The van der Waals surface area contributed by atoms with Crippen molar-refractivity contribution in [3.8, 4) is 5.75 Å². The number of hydrogen-bond acceptors (Lipinski definition) is 13. The van der Waals surface area contributed by atoms with Gasteiger partial charge >= 0.3 is 5.97 Å². The number of carbonyl (C=O) groups is 9. The number of benzene rings is 1. The van der Waals surface area contributed by atoms with Gasteiger partial charge in [-0.05, 0) is 43.4 Å². The largest absolute Gasteiger partial charge is 0.508 e. The highest BCUT2D eigenvalue weighted by Gasteiger charge is 2.39. The lowest BCUT2D eigenvalue weighted by atomic mass is 10.0. The van der Waals surface area contributed by atoms with Gasteiger partial charge in [0, 0.05) is 19.5 Å². The molecule has 1 aromatic rings. The van der Waals surface area contributed by atoms with Gasteiger partial charge in [-0.25, -0.2) is 0 Å². The van der Waals surface area contributed by atoms with Crippen LogP contribution < -0.4 is 54.8 Å². The summed E-state index contributed by atoms with van der Waals surface area (Å²) >= 11 is 0. The van der Waals surface area contributed by atoms with Gasteiger partial charge in [0.25, 0.3) is 0 Å². The van der Waals surface area contributed by atoms with Gasteiger partial charge in [-0.1, -0.05) is 12.1 Å². The van der Waals surface area contributed by atoms with E-state index in [4.69, 9.17) is 28.0 Å². The molecule has 0 aromatic heterocycles. The number of aliphatic imine (C=N–C) groups is 1. The Hall–Kier alpha value is -6.56. The maximum absolute atomic E-state index is 13.6. The van der Waals surface area contributed by atoms with Gasteiger partial charge in [0.05, 0.1) is 26.1 Å². The van der Waals surface area contributed by atoms with Gasteiger partial charge in [-0.15, -0.1) is 0 Å². The van der Waals surface area contributed by atoms with Crippen LogP contribution in [0.25, 0.3) is 0 Å². The standard InChI is InChI=1S/C33H50N12O12/c34-13-25(49)41-19(3-1-9-38-33(36)37)28(53)39-14-26(50)42-21(12-24(35)48)30(55)44-22(16-46)32(57)45-10-2-4-23(45)31(56)43-20(29(54)40-15-27(51)52)11-17-5-7-18(47)8-6-17/h5-8,19-23,46-47H,1-4,9-16,34H2,(H2,35,48)(H,39,53)(H,40,54)(H,41,49)(H,42,50)(H,43,56)(H,44,55)(H,51,52)(H4,36,37,38)/t19-,20-,21-,22-,23-/m0/s1. The number of aromatic hydroxyl groups is 1. The zero-order valence-electron chi connectivity index (χ0n) is 30.9. The van der Waals surface area contributed by atoms with Gasteiger partial charge in [-0.3, -0.25) is 48.1 Å². The number of nitrogens with one attached hydrogen (secondary N) is 6. The highest BCUT2D eigenvalue weighted by Crippen LogP contribution is 2.20. The number of aliphatic carboxylic acids is 1. The van der Waals surface area contributed by atoms with Crippen LogP contribution in [0, 0.1) is 0 Å². The maximum Gasteiger partial charge on any atom is 0.322 e. The number of guanidine groups is 1. The number of amides is 8. The molecule has 1 aliphatic heterocycles. The highest BCUT2D eigenvalue weighted by atomic mass is 16.4. The molecule has 0 radical (unpaired) electrons. The summed E-state index contributed by atoms with van der Waals surface area (Å²) in [5.74, 6) is -8.72. The molecule has 0 unspecified atom stereocenters. The molecule has 8 amide bonds. The zero-order chi connectivity index (χ0) is 42.7. The Morgan fingerprint density at radius 2 is 1.44 bits per heavy atom. The number of nitrogens with zero attached hydrogens (tertiary/aromatic N) is 2. The van der Waals surface area contributed by atoms with E-state index in [0.29, 0.717) is 12.0 Å². The SMILES string of the molecule is NCC(=O)N[C@@H](CCCN=C(N)N)C(=O)NCC(=O)N[C@@H](CC(N)=O)C(=O)N[C@@H](CO)C(=O)N1CCC[C@H]1C(=O)N[C@@H](Cc1ccc(O)cc1)C(=O)NCC(=O)O. The van der Waals surface area contributed by atoms with Crippen LogP contribution in [-0.4, -0.2) is 149 Å². The summed E-state index contributed by atoms with van der Waals surface area (Å²) in [7, 11) is 0. The van der Waals surface area contributed by atoms with Crippen molar-refractivity contribution in [2.24, 2.45) is 27.9 Å². The molecule has 1 fully saturated rings. The number of rotatable bonds is 23. The van der Waals surface area contributed by atoms with Gasteiger partial charge in [0.1, 0.15) is 42.5 Å². The summed E-state index contributed by atoms with van der Waals surface area (Å²) < 4.78 is 0. The lowest BCUT2D eigenvalue weighted by molar-refractivity contribution is -0.143. The summed E-state index contributed by atoms with van der Waals surface area (Å²) in [5.41, 5.74) is 21.7. The number of aliphatic hydroxyl groups excluding tert-OH is 1. The summed E-state index contributed by atoms with van der Waals surface area (Å²) in [6.45, 7) is -2.75. The number of phenols is 1. The predicted molar refractivity (Wildman–Crippen MR) is 198 cm³/mol. The van der Waals surface area contributed by atoms with E-state index in [9.17, 15) is 53.4 Å². The molecule has 17 N–H and O–H groups in total. The van der Waals surface area contributed by atoms with Gasteiger partial charge in [-0.2, -0.15) is 0 Å². The number of carboxylic acid groups (broad SMARTS) is 1. The minimum Gasteiger partial charge on any atom is -0.508 e. The average molecular weight is 807 g/mol. The Balaban J connectivity index is 2.12. The van der Waals surface area contributed by atoms with Crippen LogP contribution in [0.3, 0.4) is 0 Å². The second-order valence-electron chi connectivity index (χ2n) is 12.8. The molecule has 1 heterocycles. The molecule has 57 heavy (non-hydrogen) atoms. The van der Waals surface area contributed by atoms with E-state index < -0.39 is 116 Å². The molecule has 0 saturated carbocycles. The minimum absolute atomic E-state index is 0.000699. The van der Waals surface area contributed by atoms with Crippen molar-refractivity contribution < 1.29 is 58.5 Å². The quantitative estimate of drug-likeness (QED) is 0.0278. The number of carbonyl (C=O) groups excluding carboxylic acids is 8. The fourth-order valence-electron chi connectivity index (χ4n) is 5.56. The third-order valence-corrected chi connectivity index (χ3v) is 8.32. The number of hydrogen-bond donors (Lipinski definition) is 13. The molecule has 1 aliphatic rings. The molecular weight excluding hydrogens is 756 g/mol. The number of carboxylic acids is 1. The van der Waals surface area contributed by atoms with E-state index in [1.807, 2.05) is 0 Å². The number of primary amides is 1. The van der Waals surface area contributed by atoms with E-state index in [-0.39, 0.29) is 50.5 Å². The first-order valence-electron chi connectivity index (χ1n) is 17.6. The van der Waals surface area contributed by atoms with Crippen molar-refractivity contribution >= 4 is 59.2 Å². The molecule has 0 bridgehead atoms. The molecular formula is C33H50N12O12. The minimum atomic E-state index is -1.69. The Bertz CT molecular complexity index is 1650. The third kappa shape index (κ3) is 16.4. The first kappa shape index (κ1) is 46.6. The van der Waals surface area contributed by atoms with E-state index in [2.05, 4.69) is 36.9 Å². The van der Waals surface area contributed by atoms with Crippen LogP contribution in [0.2, 0.25) is 0 Å². The van der Waals surface area contributed by atoms with E-state index in [1.165, 1.54) is 24.3 Å². The van der Waals surface area contributed by atoms with Gasteiger partial charge in [0.15, 0.2) is 5.96 Å². The molecule has 1 aromatic carbocycles. The first-order chi connectivity index (χ1) is 26.9. The van der Waals surface area contributed by atoms with Crippen LogP contribution in [0.15, 0.2) is 29.3 Å². The van der Waals surface area contributed by atoms with Gasteiger partial charge < -0.3 is 75.1 Å². The smallest absolute Gasteiger partial charge is 0.322 e. The Labute approximate surface area is 325 Å². The predicted octanol–water partition coefficient (Wildman–Crippen LogP) is -6.94. The number of phenolic OH excluding ortho intramolecular Hbond substituents is 1. The fraction of sp³-hybridized carbons (Fsp3) is 0.515. The molecule has 24 heteroatoms. The maximum atomic E-state index is 13.6. The highest BCUT2D eigenvalue weighted by molar-refractivity contribution is 5.98. The van der Waals surface area contributed by atoms with E-state index in [0.717, 1.165) is 4.90 Å². The van der Waals surface area contributed by atoms with Crippen molar-refractivity contribution in [3.05, 3.63) is 29.8 Å². The van der Waals surface area contributed by atoms with Crippen molar-refractivity contribution in [2.75, 3.05) is 39.3 Å². The molecule has 2 rings (SSSR count). The monoisotopic (exact) mass is 806 g/mol. The summed E-state index contributed by atoms with van der Waals surface area (Å²) in [6, 6.07) is -1.32. The van der Waals surface area contributed by atoms with E-state index >= 15 is 0 Å². The second-order valence-corrected chi connectivity index (χ2v) is 12.8. The zero-order valence-corrected chi connectivity index (χ0v) is 30.9. The molecule has 1 saturated heterocycles. The fourth-order valence-corrected chi connectivity index (χ4v) is 5.56. The molecule has 5 atom stereocenters. The summed E-state index contributed by atoms with van der Waals surface area (Å²) in [5, 5.41) is 42.6. The first-order valence-corrected chi connectivity index (χ1v) is 17.6.